The fourth-order valence-electron chi connectivity index (χ4n) is 2.31. The van der Waals surface area contributed by atoms with E-state index >= 15 is 0 Å². The number of methoxy groups -OCH3 is 1. The van der Waals surface area contributed by atoms with Gasteiger partial charge in [-0.15, -0.1) is 0 Å². The first-order chi connectivity index (χ1) is 12.8. The summed E-state index contributed by atoms with van der Waals surface area (Å²) in [6, 6.07) is 9.05. The molecule has 0 bridgehead atoms. The number of aliphatic hydroxyl groups excluding tert-OH is 1. The number of nitrogens with one attached hydrogen (secondary N) is 2. The summed E-state index contributed by atoms with van der Waals surface area (Å²) in [5, 5.41) is 15.0. The SMILES string of the molecule is CCS(=O)(=O)c1cc(F)ccc1NC(=O)NCC(O)c1ccc(OC)cc1. The average molecular weight is 396 g/mol. The van der Waals surface area contributed by atoms with E-state index in [1.165, 1.54) is 20.1 Å². The molecule has 0 aliphatic carbocycles. The Kier molecular flexibility index (Phi) is 6.75. The summed E-state index contributed by atoms with van der Waals surface area (Å²) in [6.45, 7) is 1.32. The molecule has 0 aliphatic heterocycles. The minimum Gasteiger partial charge on any atom is -0.497 e. The standard InChI is InChI=1S/C18H21FN2O5S/c1-3-27(24,25)17-10-13(19)6-9-15(17)21-18(23)20-11-16(22)12-4-7-14(26-2)8-5-12/h4-10,16,22H,3,11H2,1-2H3,(H2,20,21,23). The molecule has 0 saturated carbocycles. The second-order valence-corrected chi connectivity index (χ2v) is 7.91. The van der Waals surface area contributed by atoms with Crippen molar-refractivity contribution in [1.29, 1.82) is 0 Å². The van der Waals surface area contributed by atoms with Gasteiger partial charge in [0.2, 0.25) is 0 Å². The highest BCUT2D eigenvalue weighted by Gasteiger charge is 2.19. The van der Waals surface area contributed by atoms with Gasteiger partial charge >= 0.3 is 6.03 Å². The van der Waals surface area contributed by atoms with Gasteiger partial charge in [0, 0.05) is 6.54 Å². The highest BCUT2D eigenvalue weighted by Crippen LogP contribution is 2.23. The second-order valence-electron chi connectivity index (χ2n) is 5.67. The zero-order valence-corrected chi connectivity index (χ0v) is 15.7. The van der Waals surface area contributed by atoms with Gasteiger partial charge in [0.15, 0.2) is 9.84 Å². The summed E-state index contributed by atoms with van der Waals surface area (Å²) >= 11 is 0. The van der Waals surface area contributed by atoms with Crippen molar-refractivity contribution in [3.05, 3.63) is 53.8 Å². The monoisotopic (exact) mass is 396 g/mol. The van der Waals surface area contributed by atoms with E-state index < -0.39 is 27.8 Å². The maximum atomic E-state index is 13.4. The number of sulfone groups is 1. The zero-order chi connectivity index (χ0) is 20.0. The second kappa shape index (κ2) is 8.83. The minimum absolute atomic E-state index is 0.0327. The molecule has 3 N–H and O–H groups in total. The summed E-state index contributed by atoms with van der Waals surface area (Å²) < 4.78 is 42.6. The van der Waals surface area contributed by atoms with Crippen LogP contribution in [0.15, 0.2) is 47.4 Å². The molecule has 2 amide bonds. The maximum Gasteiger partial charge on any atom is 0.319 e. The van der Waals surface area contributed by atoms with Gasteiger partial charge in [0.1, 0.15) is 11.6 Å². The van der Waals surface area contributed by atoms with Crippen LogP contribution in [0.25, 0.3) is 0 Å². The highest BCUT2D eigenvalue weighted by atomic mass is 32.2. The number of urea groups is 1. The van der Waals surface area contributed by atoms with E-state index in [1.807, 2.05) is 0 Å². The number of halogens is 1. The Morgan fingerprint density at radius 1 is 1.22 bits per heavy atom. The van der Waals surface area contributed by atoms with E-state index in [1.54, 1.807) is 24.3 Å². The number of amides is 2. The van der Waals surface area contributed by atoms with Crippen LogP contribution in [0, 0.1) is 5.82 Å². The number of anilines is 1. The first-order valence-electron chi connectivity index (χ1n) is 8.16. The molecule has 146 valence electrons. The van der Waals surface area contributed by atoms with E-state index in [0.29, 0.717) is 11.3 Å². The molecule has 2 aromatic rings. The van der Waals surface area contributed by atoms with E-state index in [-0.39, 0.29) is 22.9 Å². The number of aliphatic hydroxyl groups is 1. The van der Waals surface area contributed by atoms with Crippen molar-refractivity contribution in [1.82, 2.24) is 5.32 Å². The number of carbonyl (C=O) groups excluding carboxylic acids is 1. The predicted molar refractivity (Wildman–Crippen MR) is 99.1 cm³/mol. The molecule has 0 radical (unpaired) electrons. The molecule has 1 atom stereocenters. The van der Waals surface area contributed by atoms with E-state index in [4.69, 9.17) is 4.74 Å². The largest absolute Gasteiger partial charge is 0.497 e. The summed E-state index contributed by atoms with van der Waals surface area (Å²) in [6.07, 6.45) is -0.964. The third kappa shape index (κ3) is 5.41. The summed E-state index contributed by atoms with van der Waals surface area (Å²) in [5.41, 5.74) is 0.543. The number of carbonyl (C=O) groups is 1. The van der Waals surface area contributed by atoms with Crippen molar-refractivity contribution in [2.75, 3.05) is 24.7 Å². The fourth-order valence-corrected chi connectivity index (χ4v) is 3.37. The number of hydrogen-bond acceptors (Lipinski definition) is 5. The van der Waals surface area contributed by atoms with Crippen LogP contribution in [-0.2, 0) is 9.84 Å². The molecule has 0 aromatic heterocycles. The Labute approximate surface area is 157 Å². The predicted octanol–water partition coefficient (Wildman–Crippen LogP) is 2.48. The Balaban J connectivity index is 2.03. The first-order valence-corrected chi connectivity index (χ1v) is 9.81. The molecule has 2 aromatic carbocycles. The molecule has 0 saturated heterocycles. The van der Waals surface area contributed by atoms with Gasteiger partial charge in [0.05, 0.1) is 29.5 Å². The van der Waals surface area contributed by atoms with Gasteiger partial charge in [-0.3, -0.25) is 0 Å². The van der Waals surface area contributed by atoms with Gasteiger partial charge in [-0.25, -0.2) is 17.6 Å². The zero-order valence-electron chi connectivity index (χ0n) is 14.9. The Hall–Kier alpha value is -2.65. The average Bonchev–Trinajstić information content (AvgIpc) is 2.67. The number of hydrogen-bond donors (Lipinski definition) is 3. The van der Waals surface area contributed by atoms with Crippen molar-refractivity contribution in [2.45, 2.75) is 17.9 Å². The quantitative estimate of drug-likeness (QED) is 0.667. The van der Waals surface area contributed by atoms with Crippen LogP contribution in [0.2, 0.25) is 0 Å². The molecule has 0 fully saturated rings. The molecular formula is C18H21FN2O5S. The summed E-state index contributed by atoms with van der Waals surface area (Å²) in [5.74, 6) is -0.316. The van der Waals surface area contributed by atoms with E-state index in [2.05, 4.69) is 10.6 Å². The molecule has 2 rings (SSSR count). The number of benzene rings is 2. The third-order valence-electron chi connectivity index (χ3n) is 3.86. The smallest absolute Gasteiger partial charge is 0.319 e. The maximum absolute atomic E-state index is 13.4. The number of rotatable bonds is 7. The third-order valence-corrected chi connectivity index (χ3v) is 5.63. The molecule has 0 aliphatic rings. The normalized spacial score (nSPS) is 12.3. The van der Waals surface area contributed by atoms with Crippen LogP contribution >= 0.6 is 0 Å². The molecule has 1 unspecified atom stereocenters. The minimum atomic E-state index is -3.72. The summed E-state index contributed by atoms with van der Waals surface area (Å²) in [7, 11) is -2.19. The number of ether oxygens (including phenoxy) is 1. The van der Waals surface area contributed by atoms with Gasteiger partial charge in [-0.2, -0.15) is 0 Å². The lowest BCUT2D eigenvalue weighted by Crippen LogP contribution is -2.32. The molecule has 0 heterocycles. The lowest BCUT2D eigenvalue weighted by molar-refractivity contribution is 0.175. The summed E-state index contributed by atoms with van der Waals surface area (Å²) in [4.78, 5) is 11.8. The fraction of sp³-hybridized carbons (Fsp3) is 0.278. The van der Waals surface area contributed by atoms with E-state index in [0.717, 1.165) is 12.1 Å². The van der Waals surface area contributed by atoms with Crippen molar-refractivity contribution in [2.24, 2.45) is 0 Å². The molecule has 9 heteroatoms. The first kappa shape index (κ1) is 20.7. The molecule has 27 heavy (non-hydrogen) atoms. The molecular weight excluding hydrogens is 375 g/mol. The lowest BCUT2D eigenvalue weighted by Gasteiger charge is -2.15. The highest BCUT2D eigenvalue weighted by molar-refractivity contribution is 7.91. The van der Waals surface area contributed by atoms with Gasteiger partial charge < -0.3 is 20.5 Å². The lowest BCUT2D eigenvalue weighted by atomic mass is 10.1. The van der Waals surface area contributed by atoms with Crippen molar-refractivity contribution < 1.29 is 27.4 Å². The van der Waals surface area contributed by atoms with Gasteiger partial charge in [-0.05, 0) is 35.9 Å². The molecule has 0 spiro atoms. The topological polar surface area (TPSA) is 105 Å². The van der Waals surface area contributed by atoms with Crippen LogP contribution in [0.5, 0.6) is 5.75 Å². The van der Waals surface area contributed by atoms with Gasteiger partial charge in [-0.1, -0.05) is 19.1 Å². The van der Waals surface area contributed by atoms with Crippen molar-refractivity contribution in [3.63, 3.8) is 0 Å². The van der Waals surface area contributed by atoms with Crippen molar-refractivity contribution in [3.8, 4) is 5.75 Å². The molecule has 7 nitrogen and oxygen atoms in total. The van der Waals surface area contributed by atoms with Crippen LogP contribution < -0.4 is 15.4 Å². The van der Waals surface area contributed by atoms with E-state index in [9.17, 15) is 22.7 Å². The van der Waals surface area contributed by atoms with Gasteiger partial charge in [0.25, 0.3) is 0 Å². The van der Waals surface area contributed by atoms with Crippen molar-refractivity contribution >= 4 is 21.6 Å². The Bertz CT molecular complexity index is 900. The Morgan fingerprint density at radius 2 is 1.89 bits per heavy atom. The van der Waals surface area contributed by atoms with Crippen LogP contribution in [0.3, 0.4) is 0 Å². The van der Waals surface area contributed by atoms with Crippen LogP contribution in [-0.4, -0.2) is 39.0 Å². The van der Waals surface area contributed by atoms with Crippen LogP contribution in [0.1, 0.15) is 18.6 Å². The van der Waals surface area contributed by atoms with Crippen LogP contribution in [0.4, 0.5) is 14.9 Å². The Morgan fingerprint density at radius 3 is 2.48 bits per heavy atom.